The lowest BCUT2D eigenvalue weighted by Crippen LogP contribution is -1.92. The third kappa shape index (κ3) is 3.13. The molecule has 0 aliphatic heterocycles. The van der Waals surface area contributed by atoms with Crippen molar-refractivity contribution in [2.75, 3.05) is 0 Å². The van der Waals surface area contributed by atoms with Crippen molar-refractivity contribution in [2.24, 2.45) is 0 Å². The van der Waals surface area contributed by atoms with Crippen LogP contribution < -0.4 is 0 Å². The highest BCUT2D eigenvalue weighted by atomic mass is 32.2. The molecule has 0 saturated heterocycles. The van der Waals surface area contributed by atoms with Crippen molar-refractivity contribution in [3.8, 4) is 22.6 Å². The normalized spacial score (nSPS) is 12.3. The van der Waals surface area contributed by atoms with Gasteiger partial charge in [-0.2, -0.15) is 0 Å². The molecule has 0 radical (unpaired) electrons. The Morgan fingerprint density at radius 1 is 0.967 bits per heavy atom. The van der Waals surface area contributed by atoms with Gasteiger partial charge in [0.15, 0.2) is 5.65 Å². The van der Waals surface area contributed by atoms with Crippen LogP contribution in [0, 0.1) is 11.6 Å². The Morgan fingerprint density at radius 3 is 2.53 bits per heavy atom. The first-order valence-electron chi connectivity index (χ1n) is 9.08. The van der Waals surface area contributed by atoms with Gasteiger partial charge in [-0.25, -0.2) is 18.7 Å². The van der Waals surface area contributed by atoms with Crippen molar-refractivity contribution in [3.63, 3.8) is 0 Å². The monoisotopic (exact) mass is 419 g/mol. The molecule has 2 aromatic carbocycles. The van der Waals surface area contributed by atoms with Crippen LogP contribution in [0.2, 0.25) is 0 Å². The lowest BCUT2D eigenvalue weighted by atomic mass is 10.0. The summed E-state index contributed by atoms with van der Waals surface area (Å²) in [5.74, 6) is 3.49. The highest BCUT2D eigenvalue weighted by molar-refractivity contribution is 8.12. The topological polar surface area (TPSA) is 43.9 Å². The molecule has 0 N–H and O–H groups in total. The maximum atomic E-state index is 14.4. The van der Waals surface area contributed by atoms with Gasteiger partial charge in [-0.1, -0.05) is 34.7 Å². The Morgan fingerprint density at radius 2 is 1.80 bits per heavy atom. The first-order valence-corrected chi connectivity index (χ1v) is 10.4. The molecule has 0 bridgehead atoms. The molecular formula is C23H15F2N3OS. The van der Waals surface area contributed by atoms with E-state index in [4.69, 9.17) is 4.42 Å². The number of hydrogen-bond donors (Lipinski definition) is 0. The molecule has 0 spiro atoms. The van der Waals surface area contributed by atoms with Crippen molar-refractivity contribution >= 4 is 27.6 Å². The van der Waals surface area contributed by atoms with Crippen molar-refractivity contribution in [1.29, 1.82) is 0 Å². The summed E-state index contributed by atoms with van der Waals surface area (Å²) in [5, 5.41) is 0.746. The lowest BCUT2D eigenvalue weighted by molar-refractivity contribution is 0.575. The van der Waals surface area contributed by atoms with Crippen molar-refractivity contribution < 1.29 is 13.2 Å². The molecule has 148 valence electrons. The van der Waals surface area contributed by atoms with Gasteiger partial charge in [0.05, 0.1) is 11.8 Å². The molecule has 0 fully saturated rings. The molecule has 4 nitrogen and oxygen atoms in total. The molecular weight excluding hydrogens is 404 g/mol. The number of pyridine rings is 1. The Hall–Kier alpha value is -3.58. The summed E-state index contributed by atoms with van der Waals surface area (Å²) in [5.41, 5.74) is 2.21. The number of fused-ring (bicyclic) bond motifs is 1. The van der Waals surface area contributed by atoms with Gasteiger partial charge >= 0.3 is 0 Å². The third-order valence-corrected chi connectivity index (χ3v) is 6.34. The van der Waals surface area contributed by atoms with E-state index >= 15 is 0 Å². The molecule has 3 aromatic heterocycles. The van der Waals surface area contributed by atoms with Gasteiger partial charge in [-0.3, -0.25) is 3.97 Å². The van der Waals surface area contributed by atoms with Crippen LogP contribution in [0.3, 0.4) is 0 Å². The first-order chi connectivity index (χ1) is 14.6. The van der Waals surface area contributed by atoms with Gasteiger partial charge in [0.25, 0.3) is 0 Å². The number of hydrogen-bond acceptors (Lipinski definition) is 3. The van der Waals surface area contributed by atoms with Crippen molar-refractivity contribution in [1.82, 2.24) is 13.9 Å². The molecule has 0 aliphatic rings. The van der Waals surface area contributed by atoms with Gasteiger partial charge in [-0.15, -0.1) is 0 Å². The van der Waals surface area contributed by atoms with Crippen molar-refractivity contribution in [2.45, 2.75) is 4.90 Å². The molecule has 5 aromatic rings. The average Bonchev–Trinajstić information content (AvgIpc) is 3.41. The van der Waals surface area contributed by atoms with E-state index in [0.29, 0.717) is 17.1 Å². The maximum absolute atomic E-state index is 14.4. The average molecular weight is 419 g/mol. The number of rotatable bonds is 4. The number of halogens is 2. The Kier molecular flexibility index (Phi) is 4.52. The lowest BCUT2D eigenvalue weighted by Gasteiger charge is -2.10. The van der Waals surface area contributed by atoms with E-state index in [1.165, 1.54) is 18.4 Å². The van der Waals surface area contributed by atoms with E-state index in [1.54, 1.807) is 12.4 Å². The fraction of sp³-hybridized carbons (Fsp3) is 0. The molecule has 1 atom stereocenters. The molecule has 0 saturated carbocycles. The zero-order valence-corrected chi connectivity index (χ0v) is 16.4. The fourth-order valence-corrected chi connectivity index (χ4v) is 4.62. The van der Waals surface area contributed by atoms with Crippen molar-refractivity contribution in [3.05, 3.63) is 91.1 Å². The van der Waals surface area contributed by atoms with Crippen LogP contribution in [0.25, 0.3) is 33.6 Å². The summed E-state index contributed by atoms with van der Waals surface area (Å²) in [6.45, 7) is 0. The van der Waals surface area contributed by atoms with Gasteiger partial charge in [0.1, 0.15) is 17.9 Å². The molecule has 1 unspecified atom stereocenters. The minimum absolute atomic E-state index is 0.272. The fourth-order valence-electron chi connectivity index (χ4n) is 3.34. The van der Waals surface area contributed by atoms with Crippen LogP contribution in [0.15, 0.2) is 88.8 Å². The second kappa shape index (κ2) is 7.35. The SMILES string of the molecule is C=S(c1ccccc1)n1cc(-c2ncco2)c2cc(-c3ccc(F)cc3F)cnc21. The summed E-state index contributed by atoms with van der Waals surface area (Å²) in [6.07, 6.45) is 6.54. The summed E-state index contributed by atoms with van der Waals surface area (Å²) >= 11 is 0. The number of aromatic nitrogens is 3. The number of oxazole rings is 1. The molecule has 0 aliphatic carbocycles. The van der Waals surface area contributed by atoms with Crippen LogP contribution in [-0.4, -0.2) is 19.8 Å². The molecule has 0 amide bonds. The molecule has 3 heterocycles. The largest absolute Gasteiger partial charge is 0.444 e. The molecule has 5 rings (SSSR count). The predicted molar refractivity (Wildman–Crippen MR) is 115 cm³/mol. The van der Waals surface area contributed by atoms with Crippen LogP contribution >= 0.6 is 10.7 Å². The van der Waals surface area contributed by atoms with Crippen LogP contribution in [0.4, 0.5) is 8.78 Å². The zero-order valence-electron chi connectivity index (χ0n) is 15.6. The second-order valence-corrected chi connectivity index (χ2v) is 8.20. The van der Waals surface area contributed by atoms with Crippen LogP contribution in [-0.2, 0) is 0 Å². The Labute approximate surface area is 173 Å². The quantitative estimate of drug-likeness (QED) is 0.328. The highest BCUT2D eigenvalue weighted by Gasteiger charge is 2.18. The summed E-state index contributed by atoms with van der Waals surface area (Å²) < 4.78 is 35.2. The predicted octanol–water partition coefficient (Wildman–Crippen LogP) is 6.16. The van der Waals surface area contributed by atoms with E-state index in [1.807, 2.05) is 46.6 Å². The second-order valence-electron chi connectivity index (χ2n) is 6.60. The van der Waals surface area contributed by atoms with Gasteiger partial charge in [-0.05, 0) is 30.3 Å². The zero-order chi connectivity index (χ0) is 20.7. The van der Waals surface area contributed by atoms with E-state index in [9.17, 15) is 8.78 Å². The smallest absolute Gasteiger partial charge is 0.228 e. The number of benzene rings is 2. The highest BCUT2D eigenvalue weighted by Crippen LogP contribution is 2.38. The van der Waals surface area contributed by atoms with E-state index in [2.05, 4.69) is 15.8 Å². The summed E-state index contributed by atoms with van der Waals surface area (Å²) in [7, 11) is -0.560. The third-order valence-electron chi connectivity index (χ3n) is 4.77. The minimum atomic E-state index is -0.644. The van der Waals surface area contributed by atoms with E-state index < -0.39 is 22.3 Å². The standard InChI is InChI=1S/C23H15F2N3OS/c1-30(17-5-3-2-4-6-17)28-14-20(23-26-9-10-29-23)19-11-15(13-27-22(19)28)18-8-7-16(24)12-21(18)25/h2-14H,1H2. The van der Waals surface area contributed by atoms with Gasteiger partial charge in [0, 0.05) is 39.9 Å². The first kappa shape index (κ1) is 18.4. The molecule has 7 heteroatoms. The Bertz CT molecular complexity index is 1380. The van der Waals surface area contributed by atoms with Gasteiger partial charge in [0.2, 0.25) is 5.89 Å². The van der Waals surface area contributed by atoms with E-state index in [0.717, 1.165) is 21.9 Å². The van der Waals surface area contributed by atoms with E-state index in [-0.39, 0.29) is 5.56 Å². The Balaban J connectivity index is 1.73. The minimum Gasteiger partial charge on any atom is -0.444 e. The van der Waals surface area contributed by atoms with Crippen LogP contribution in [0.1, 0.15) is 0 Å². The maximum Gasteiger partial charge on any atom is 0.228 e. The summed E-state index contributed by atoms with van der Waals surface area (Å²) in [6, 6.07) is 15.2. The summed E-state index contributed by atoms with van der Waals surface area (Å²) in [4.78, 5) is 9.91. The van der Waals surface area contributed by atoms with Crippen LogP contribution in [0.5, 0.6) is 0 Å². The molecule has 30 heavy (non-hydrogen) atoms. The number of nitrogens with zero attached hydrogens (tertiary/aromatic N) is 3. The van der Waals surface area contributed by atoms with Gasteiger partial charge < -0.3 is 4.42 Å².